The molecule has 0 bridgehead atoms. The molecule has 0 atom stereocenters. The van der Waals surface area contributed by atoms with Crippen LogP contribution < -0.4 is 4.74 Å². The molecule has 0 unspecified atom stereocenters. The normalized spacial score (nSPS) is 16.1. The van der Waals surface area contributed by atoms with E-state index in [4.69, 9.17) is 4.74 Å². The van der Waals surface area contributed by atoms with Crippen molar-refractivity contribution in [1.29, 1.82) is 0 Å². The van der Waals surface area contributed by atoms with Gasteiger partial charge in [0, 0.05) is 36.0 Å². The van der Waals surface area contributed by atoms with E-state index >= 15 is 0 Å². The number of fused-ring (bicyclic) bond motifs is 1. The summed E-state index contributed by atoms with van der Waals surface area (Å²) in [6.07, 6.45) is -3.49. The van der Waals surface area contributed by atoms with Crippen LogP contribution >= 0.6 is 0 Å². The Morgan fingerprint density at radius 2 is 1.96 bits per heavy atom. The fourth-order valence-corrected chi connectivity index (χ4v) is 3.47. The van der Waals surface area contributed by atoms with Gasteiger partial charge in [-0.05, 0) is 41.5 Å². The molecule has 5 nitrogen and oxygen atoms in total. The van der Waals surface area contributed by atoms with Crippen LogP contribution in [0.25, 0.3) is 11.1 Å². The van der Waals surface area contributed by atoms with Gasteiger partial charge < -0.3 is 14.7 Å². The molecular weight excluding hydrogens is 373 g/mol. The van der Waals surface area contributed by atoms with Gasteiger partial charge in [0.1, 0.15) is 5.75 Å². The van der Waals surface area contributed by atoms with Gasteiger partial charge in [0.15, 0.2) is 0 Å². The summed E-state index contributed by atoms with van der Waals surface area (Å²) in [4.78, 5) is 18.2. The monoisotopic (exact) mass is 390 g/mol. The molecule has 0 saturated carbocycles. The van der Waals surface area contributed by atoms with Crippen molar-refractivity contribution in [2.45, 2.75) is 18.8 Å². The summed E-state index contributed by atoms with van der Waals surface area (Å²) in [5, 5.41) is 9.41. The number of likely N-dealkylation sites (tertiary alicyclic amines) is 1. The van der Waals surface area contributed by atoms with Crippen LogP contribution in [0, 0.1) is 0 Å². The Morgan fingerprint density at radius 1 is 1.21 bits per heavy atom. The van der Waals surface area contributed by atoms with Crippen molar-refractivity contribution >= 4 is 12.1 Å². The standard InChI is InChI=1S/C20H17F3N2O3/c1-28-18-3-2-11(19(27)25-9-14(26)10-25)5-16(18)15-6-13(20(21,22)23)4-12-7-24-8-17(12)15/h2-6,8,14,26H,7,9-10H2,1H3. The number of hydrogen-bond acceptors (Lipinski definition) is 4. The molecule has 4 rings (SSSR count). The van der Waals surface area contributed by atoms with Gasteiger partial charge in [-0.3, -0.25) is 9.79 Å². The number of halogens is 3. The van der Waals surface area contributed by atoms with Gasteiger partial charge in [-0.15, -0.1) is 0 Å². The van der Waals surface area contributed by atoms with Crippen molar-refractivity contribution in [1.82, 2.24) is 4.90 Å². The van der Waals surface area contributed by atoms with Crippen molar-refractivity contribution in [3.05, 3.63) is 52.6 Å². The van der Waals surface area contributed by atoms with Crippen molar-refractivity contribution in [2.24, 2.45) is 4.99 Å². The van der Waals surface area contributed by atoms with Crippen LogP contribution in [0.2, 0.25) is 0 Å². The first-order chi connectivity index (χ1) is 13.3. The number of carbonyl (C=O) groups is 1. The summed E-state index contributed by atoms with van der Waals surface area (Å²) in [5.41, 5.74) is 1.34. The third kappa shape index (κ3) is 3.13. The molecule has 1 saturated heterocycles. The summed E-state index contributed by atoms with van der Waals surface area (Å²) in [7, 11) is 1.42. The zero-order valence-corrected chi connectivity index (χ0v) is 15.0. The quantitative estimate of drug-likeness (QED) is 0.876. The fourth-order valence-electron chi connectivity index (χ4n) is 3.47. The summed E-state index contributed by atoms with van der Waals surface area (Å²) in [5.74, 6) is 0.0773. The van der Waals surface area contributed by atoms with Crippen LogP contribution in [0.5, 0.6) is 5.75 Å². The number of alkyl halides is 3. The third-order valence-electron chi connectivity index (χ3n) is 4.96. The van der Waals surface area contributed by atoms with Crippen molar-refractivity contribution in [3.8, 4) is 16.9 Å². The molecular formula is C20H17F3N2O3. The molecule has 0 spiro atoms. The number of ether oxygens (including phenoxy) is 1. The second-order valence-electron chi connectivity index (χ2n) is 6.84. The topological polar surface area (TPSA) is 62.1 Å². The first kappa shape index (κ1) is 18.5. The van der Waals surface area contributed by atoms with Gasteiger partial charge in [0.05, 0.1) is 25.3 Å². The van der Waals surface area contributed by atoms with Gasteiger partial charge in [-0.25, -0.2) is 0 Å². The lowest BCUT2D eigenvalue weighted by molar-refractivity contribution is -0.137. The first-order valence-electron chi connectivity index (χ1n) is 8.67. The number of carbonyl (C=O) groups excluding carboxylic acids is 1. The molecule has 146 valence electrons. The molecule has 2 aromatic carbocycles. The van der Waals surface area contributed by atoms with Crippen LogP contribution in [-0.4, -0.2) is 48.4 Å². The zero-order valence-electron chi connectivity index (χ0n) is 15.0. The number of nitrogens with zero attached hydrogens (tertiary/aromatic N) is 2. The molecule has 0 aromatic heterocycles. The average molecular weight is 390 g/mol. The van der Waals surface area contributed by atoms with E-state index in [0.717, 1.165) is 12.1 Å². The zero-order chi connectivity index (χ0) is 20.1. The molecule has 2 heterocycles. The van der Waals surface area contributed by atoms with E-state index < -0.39 is 17.8 Å². The number of rotatable bonds is 3. The Balaban J connectivity index is 1.84. The maximum Gasteiger partial charge on any atom is 0.416 e. The van der Waals surface area contributed by atoms with Crippen LogP contribution in [0.4, 0.5) is 13.2 Å². The minimum atomic E-state index is -4.50. The Kier molecular flexibility index (Phi) is 4.38. The lowest BCUT2D eigenvalue weighted by atomic mass is 9.92. The van der Waals surface area contributed by atoms with Crippen molar-refractivity contribution in [3.63, 3.8) is 0 Å². The van der Waals surface area contributed by atoms with Crippen LogP contribution in [-0.2, 0) is 12.7 Å². The lowest BCUT2D eigenvalue weighted by Crippen LogP contribution is -2.53. The number of aliphatic hydroxyl groups excluding tert-OH is 1. The number of aliphatic imine (C=N–C) groups is 1. The highest BCUT2D eigenvalue weighted by atomic mass is 19.4. The van der Waals surface area contributed by atoms with Crippen molar-refractivity contribution < 1.29 is 27.8 Å². The number of β-amino-alcohol motifs (C(OH)–C–C–N with tert-alkyl or cyclic N) is 1. The van der Waals surface area contributed by atoms with Gasteiger partial charge >= 0.3 is 6.18 Å². The molecule has 1 fully saturated rings. The number of amides is 1. The van der Waals surface area contributed by atoms with Crippen LogP contribution in [0.3, 0.4) is 0 Å². The highest BCUT2D eigenvalue weighted by Gasteiger charge is 2.34. The van der Waals surface area contributed by atoms with Gasteiger partial charge in [-0.2, -0.15) is 13.2 Å². The smallest absolute Gasteiger partial charge is 0.416 e. The number of hydrogen-bond donors (Lipinski definition) is 1. The molecule has 0 aliphatic carbocycles. The molecule has 1 N–H and O–H groups in total. The molecule has 1 amide bonds. The number of methoxy groups -OCH3 is 1. The van der Waals surface area contributed by atoms with Gasteiger partial charge in [-0.1, -0.05) is 0 Å². The summed E-state index contributed by atoms with van der Waals surface area (Å²) in [6, 6.07) is 6.84. The lowest BCUT2D eigenvalue weighted by Gasteiger charge is -2.36. The maximum absolute atomic E-state index is 13.4. The van der Waals surface area contributed by atoms with E-state index in [2.05, 4.69) is 4.99 Å². The Hall–Kier alpha value is -2.87. The highest BCUT2D eigenvalue weighted by Crippen LogP contribution is 2.40. The SMILES string of the molecule is COc1ccc(C(=O)N2CC(O)C2)cc1-c1cc(C(F)(F)F)cc2c1C=NC2. The number of aliphatic hydroxyl groups is 1. The predicted molar refractivity (Wildman–Crippen MR) is 96.6 cm³/mol. The maximum atomic E-state index is 13.4. The molecule has 0 radical (unpaired) electrons. The predicted octanol–water partition coefficient (Wildman–Crippen LogP) is 3.13. The largest absolute Gasteiger partial charge is 0.496 e. The second kappa shape index (κ2) is 6.63. The highest BCUT2D eigenvalue weighted by molar-refractivity contribution is 5.99. The third-order valence-corrected chi connectivity index (χ3v) is 4.96. The van der Waals surface area contributed by atoms with E-state index in [1.165, 1.54) is 18.1 Å². The number of benzene rings is 2. The molecule has 2 aliphatic rings. The Morgan fingerprint density at radius 3 is 2.61 bits per heavy atom. The van der Waals surface area contributed by atoms with Crippen LogP contribution in [0.1, 0.15) is 27.0 Å². The first-order valence-corrected chi connectivity index (χ1v) is 8.67. The minimum Gasteiger partial charge on any atom is -0.496 e. The summed E-state index contributed by atoms with van der Waals surface area (Å²) >= 11 is 0. The molecule has 2 aliphatic heterocycles. The minimum absolute atomic E-state index is 0.179. The van der Waals surface area contributed by atoms with E-state index in [9.17, 15) is 23.1 Å². The Bertz CT molecular complexity index is 979. The van der Waals surface area contributed by atoms with E-state index in [1.807, 2.05) is 0 Å². The molecule has 28 heavy (non-hydrogen) atoms. The second-order valence-corrected chi connectivity index (χ2v) is 6.84. The summed E-state index contributed by atoms with van der Waals surface area (Å²) < 4.78 is 45.5. The molecule has 8 heteroatoms. The van der Waals surface area contributed by atoms with E-state index in [-0.39, 0.29) is 25.5 Å². The van der Waals surface area contributed by atoms with Gasteiger partial charge in [0.25, 0.3) is 5.91 Å². The average Bonchev–Trinajstić information content (AvgIpc) is 3.11. The summed E-state index contributed by atoms with van der Waals surface area (Å²) in [6.45, 7) is 0.663. The molecule has 2 aromatic rings. The van der Waals surface area contributed by atoms with Crippen molar-refractivity contribution in [2.75, 3.05) is 20.2 Å². The van der Waals surface area contributed by atoms with Gasteiger partial charge in [0.2, 0.25) is 0 Å². The van der Waals surface area contributed by atoms with E-state index in [1.54, 1.807) is 18.3 Å². The fraction of sp³-hybridized carbons (Fsp3) is 0.300. The Labute approximate surface area is 159 Å². The van der Waals surface area contributed by atoms with Crippen LogP contribution in [0.15, 0.2) is 35.3 Å². The van der Waals surface area contributed by atoms with E-state index in [0.29, 0.717) is 33.6 Å².